The van der Waals surface area contributed by atoms with Gasteiger partial charge in [-0.3, -0.25) is 0 Å². The first-order valence-electron chi connectivity index (χ1n) is 1.80. The van der Waals surface area contributed by atoms with E-state index in [1.165, 1.54) is 18.9 Å². The molecule has 0 fully saturated rings. The van der Waals surface area contributed by atoms with E-state index in [1.807, 2.05) is 0 Å². The Morgan fingerprint density at radius 1 is 1.43 bits per heavy atom. The number of nitrogens with zero attached hydrogens (tertiary/aromatic N) is 1. The Morgan fingerprint density at radius 3 is 2.57 bits per heavy atom. The van der Waals surface area contributed by atoms with Crippen LogP contribution in [-0.2, 0) is 4.74 Å². The smallest absolute Gasteiger partial charge is 0.180 e. The molecule has 38 valence electrons. The molecule has 0 N–H and O–H groups in total. The van der Waals surface area contributed by atoms with Gasteiger partial charge in [0, 0.05) is 6.20 Å². The molecule has 0 aliphatic carbocycles. The van der Waals surface area contributed by atoms with Crippen LogP contribution in [0.15, 0.2) is 30.6 Å². The van der Waals surface area contributed by atoms with Crippen LogP contribution >= 0.6 is 0 Å². The first kappa shape index (κ1) is 5.95. The minimum atomic E-state index is 1.25. The van der Waals surface area contributed by atoms with Gasteiger partial charge in [0.15, 0.2) is 6.40 Å². The van der Waals surface area contributed by atoms with Crippen LogP contribution in [0.25, 0.3) is 0 Å². The summed E-state index contributed by atoms with van der Waals surface area (Å²) < 4.78 is 4.47. The van der Waals surface area contributed by atoms with E-state index in [-0.39, 0.29) is 0 Å². The summed E-state index contributed by atoms with van der Waals surface area (Å²) >= 11 is 0. The number of rotatable bonds is 3. The zero-order chi connectivity index (χ0) is 5.54. The van der Waals surface area contributed by atoms with Crippen molar-refractivity contribution in [3.63, 3.8) is 0 Å². The lowest BCUT2D eigenvalue weighted by molar-refractivity contribution is 0.496. The average Bonchev–Trinajstić information content (AvgIpc) is 1.69. The van der Waals surface area contributed by atoms with Gasteiger partial charge >= 0.3 is 0 Å². The summed E-state index contributed by atoms with van der Waals surface area (Å²) in [7, 11) is 0. The third-order valence-corrected chi connectivity index (χ3v) is 0.323. The van der Waals surface area contributed by atoms with Gasteiger partial charge in [0.05, 0.1) is 6.26 Å². The summed E-state index contributed by atoms with van der Waals surface area (Å²) in [4.78, 5) is 3.51. The molecule has 2 nitrogen and oxygen atoms in total. The van der Waals surface area contributed by atoms with Gasteiger partial charge in [0.1, 0.15) is 0 Å². The summed E-state index contributed by atoms with van der Waals surface area (Å²) in [5.74, 6) is 0. The predicted octanol–water partition coefficient (Wildman–Crippen LogP) is 1.32. The monoisotopic (exact) mass is 97.1 g/mol. The van der Waals surface area contributed by atoms with Crippen molar-refractivity contribution in [1.82, 2.24) is 0 Å². The van der Waals surface area contributed by atoms with E-state index in [9.17, 15) is 0 Å². The molecular weight excluding hydrogens is 90.1 g/mol. The van der Waals surface area contributed by atoms with Crippen molar-refractivity contribution >= 4 is 6.40 Å². The van der Waals surface area contributed by atoms with Crippen LogP contribution in [0.5, 0.6) is 0 Å². The molecule has 0 aromatic heterocycles. The molecule has 0 spiro atoms. The van der Waals surface area contributed by atoms with E-state index in [0.29, 0.717) is 0 Å². The molecule has 7 heavy (non-hydrogen) atoms. The Bertz CT molecular complexity index is 86.1. The quantitative estimate of drug-likeness (QED) is 0.295. The predicted molar refractivity (Wildman–Crippen MR) is 30.0 cm³/mol. The van der Waals surface area contributed by atoms with Gasteiger partial charge in [-0.2, -0.15) is 0 Å². The standard InChI is InChI=1S/C5H7NO/c1-3-6-5-7-4-2/h3-5H,1-2H2. The molecule has 0 saturated heterocycles. The molecule has 0 atom stereocenters. The van der Waals surface area contributed by atoms with E-state index in [4.69, 9.17) is 0 Å². The minimum absolute atomic E-state index is 1.25. The van der Waals surface area contributed by atoms with Crippen molar-refractivity contribution in [2.45, 2.75) is 0 Å². The highest BCUT2D eigenvalue weighted by atomic mass is 16.5. The number of hydrogen-bond donors (Lipinski definition) is 0. The van der Waals surface area contributed by atoms with Crippen molar-refractivity contribution in [1.29, 1.82) is 0 Å². The summed E-state index contributed by atoms with van der Waals surface area (Å²) in [5, 5.41) is 0. The topological polar surface area (TPSA) is 21.6 Å². The normalized spacial score (nSPS) is 8.57. The molecule has 0 unspecified atom stereocenters. The summed E-state index contributed by atoms with van der Waals surface area (Å²) in [5.41, 5.74) is 0. The second-order valence-electron chi connectivity index (χ2n) is 0.740. The molecule has 2 heteroatoms. The molecule has 0 bridgehead atoms. The zero-order valence-electron chi connectivity index (χ0n) is 4.00. The summed E-state index contributed by atoms with van der Waals surface area (Å²) in [6, 6.07) is 0. The molecule has 0 amide bonds. The lowest BCUT2D eigenvalue weighted by Gasteiger charge is -1.79. The van der Waals surface area contributed by atoms with E-state index in [2.05, 4.69) is 22.9 Å². The van der Waals surface area contributed by atoms with Gasteiger partial charge in [-0.15, -0.1) is 0 Å². The number of aliphatic imine (C=N–C) groups is 1. The van der Waals surface area contributed by atoms with Crippen molar-refractivity contribution in [2.75, 3.05) is 0 Å². The third-order valence-electron chi connectivity index (χ3n) is 0.323. The Hall–Kier alpha value is -1.05. The van der Waals surface area contributed by atoms with Crippen LogP contribution in [0, 0.1) is 0 Å². The van der Waals surface area contributed by atoms with E-state index >= 15 is 0 Å². The molecule has 0 aromatic carbocycles. The van der Waals surface area contributed by atoms with Gasteiger partial charge in [0.25, 0.3) is 0 Å². The van der Waals surface area contributed by atoms with Crippen LogP contribution in [0.2, 0.25) is 0 Å². The van der Waals surface area contributed by atoms with E-state index in [1.54, 1.807) is 0 Å². The Morgan fingerprint density at radius 2 is 2.14 bits per heavy atom. The van der Waals surface area contributed by atoms with E-state index in [0.717, 1.165) is 0 Å². The number of ether oxygens (including phenoxy) is 1. The highest BCUT2D eigenvalue weighted by Gasteiger charge is 1.56. The van der Waals surface area contributed by atoms with Gasteiger partial charge in [-0.05, 0) is 0 Å². The van der Waals surface area contributed by atoms with Gasteiger partial charge in [-0.1, -0.05) is 13.2 Å². The van der Waals surface area contributed by atoms with Gasteiger partial charge in [0.2, 0.25) is 0 Å². The summed E-state index contributed by atoms with van der Waals surface area (Å²) in [6.45, 7) is 6.60. The van der Waals surface area contributed by atoms with Crippen molar-refractivity contribution in [3.05, 3.63) is 25.6 Å². The third kappa shape index (κ3) is 4.95. The molecule has 0 saturated carbocycles. The summed E-state index contributed by atoms with van der Waals surface area (Å²) in [6.07, 6.45) is 3.91. The molecule has 0 rings (SSSR count). The fourth-order valence-corrected chi connectivity index (χ4v) is 0.121. The highest BCUT2D eigenvalue weighted by molar-refractivity contribution is 5.47. The van der Waals surface area contributed by atoms with E-state index < -0.39 is 0 Å². The first-order chi connectivity index (χ1) is 3.41. The lowest BCUT2D eigenvalue weighted by Crippen LogP contribution is -1.69. The first-order valence-corrected chi connectivity index (χ1v) is 1.80. The number of hydrogen-bond acceptors (Lipinski definition) is 2. The molecule has 0 heterocycles. The largest absolute Gasteiger partial charge is 0.454 e. The Balaban J connectivity index is 3.08. The van der Waals surface area contributed by atoms with Crippen LogP contribution in [0.4, 0.5) is 0 Å². The SMILES string of the molecule is C=CN=COC=C. The second kappa shape index (κ2) is 4.95. The molecule has 0 aliphatic heterocycles. The van der Waals surface area contributed by atoms with Crippen molar-refractivity contribution < 1.29 is 4.74 Å². The second-order valence-corrected chi connectivity index (χ2v) is 0.740. The average molecular weight is 97.1 g/mol. The molecule has 0 radical (unpaired) electrons. The maximum Gasteiger partial charge on any atom is 0.180 e. The maximum absolute atomic E-state index is 4.47. The van der Waals surface area contributed by atoms with Gasteiger partial charge in [-0.25, -0.2) is 4.99 Å². The van der Waals surface area contributed by atoms with Crippen LogP contribution in [0.3, 0.4) is 0 Å². The van der Waals surface area contributed by atoms with Crippen LogP contribution < -0.4 is 0 Å². The minimum Gasteiger partial charge on any atom is -0.454 e. The lowest BCUT2D eigenvalue weighted by atomic mass is 11.0. The maximum atomic E-state index is 4.47. The fraction of sp³-hybridized carbons (Fsp3) is 0. The van der Waals surface area contributed by atoms with Crippen molar-refractivity contribution in [2.24, 2.45) is 4.99 Å². The Kier molecular flexibility index (Phi) is 4.21. The van der Waals surface area contributed by atoms with Gasteiger partial charge < -0.3 is 4.74 Å². The fourth-order valence-electron chi connectivity index (χ4n) is 0.121. The zero-order valence-corrected chi connectivity index (χ0v) is 4.00. The molecule has 0 aromatic rings. The van der Waals surface area contributed by atoms with Crippen molar-refractivity contribution in [3.8, 4) is 0 Å². The highest BCUT2D eigenvalue weighted by Crippen LogP contribution is 1.66. The Labute approximate surface area is 42.8 Å². The van der Waals surface area contributed by atoms with Crippen LogP contribution in [-0.4, -0.2) is 6.40 Å². The molecular formula is C5H7NO. The molecule has 0 aliphatic rings. The van der Waals surface area contributed by atoms with Crippen LogP contribution in [0.1, 0.15) is 0 Å².